The minimum absolute atomic E-state index is 1.20. The van der Waals surface area contributed by atoms with E-state index in [2.05, 4.69) is 218 Å². The molecular formula is C60H36. The fourth-order valence-corrected chi connectivity index (χ4v) is 10.4. The summed E-state index contributed by atoms with van der Waals surface area (Å²) in [6.07, 6.45) is 0. The summed E-state index contributed by atoms with van der Waals surface area (Å²) in [6, 6.07) is 81.6. The van der Waals surface area contributed by atoms with Gasteiger partial charge in [0, 0.05) is 0 Å². The molecule has 13 aromatic rings. The molecule has 276 valence electrons. The molecule has 0 aliphatic heterocycles. The Morgan fingerprint density at radius 3 is 0.483 bits per heavy atom. The highest BCUT2D eigenvalue weighted by Gasteiger charge is 2.16. The predicted molar refractivity (Wildman–Crippen MR) is 260 cm³/mol. The van der Waals surface area contributed by atoms with E-state index >= 15 is 0 Å². The van der Waals surface area contributed by atoms with E-state index in [1.54, 1.807) is 0 Å². The van der Waals surface area contributed by atoms with Crippen LogP contribution in [0, 0.1) is 0 Å². The van der Waals surface area contributed by atoms with E-state index in [1.807, 2.05) is 0 Å². The van der Waals surface area contributed by atoms with Crippen molar-refractivity contribution in [2.24, 2.45) is 0 Å². The van der Waals surface area contributed by atoms with Gasteiger partial charge in [0.15, 0.2) is 0 Å². The monoisotopic (exact) mass is 756 g/mol. The van der Waals surface area contributed by atoms with Crippen molar-refractivity contribution < 1.29 is 0 Å². The van der Waals surface area contributed by atoms with Gasteiger partial charge in [-0.1, -0.05) is 182 Å². The molecular weight excluding hydrogens is 721 g/mol. The zero-order chi connectivity index (χ0) is 39.3. The quantitative estimate of drug-likeness (QED) is 0.158. The van der Waals surface area contributed by atoms with Crippen LogP contribution >= 0.6 is 0 Å². The van der Waals surface area contributed by atoms with Gasteiger partial charge in [0.25, 0.3) is 0 Å². The number of fused-ring (bicyclic) bond motifs is 18. The predicted octanol–water partition coefficient (Wildman–Crippen LogP) is 17.1. The second-order valence-corrected chi connectivity index (χ2v) is 16.4. The third-order valence-electron chi connectivity index (χ3n) is 13.2. The molecule has 0 amide bonds. The lowest BCUT2D eigenvalue weighted by Gasteiger charge is -2.16. The van der Waals surface area contributed by atoms with E-state index < -0.39 is 0 Å². The van der Waals surface area contributed by atoms with E-state index in [-0.39, 0.29) is 0 Å². The van der Waals surface area contributed by atoms with Crippen molar-refractivity contribution in [3.63, 3.8) is 0 Å². The number of rotatable bonds is 3. The van der Waals surface area contributed by atoms with Crippen molar-refractivity contribution in [3.05, 3.63) is 218 Å². The average molecular weight is 757 g/mol. The van der Waals surface area contributed by atoms with Crippen molar-refractivity contribution >= 4 is 97.0 Å². The molecule has 0 aliphatic carbocycles. The molecule has 0 aliphatic rings. The molecule has 0 radical (unpaired) electrons. The van der Waals surface area contributed by atoms with Gasteiger partial charge in [-0.25, -0.2) is 0 Å². The van der Waals surface area contributed by atoms with Crippen molar-refractivity contribution in [1.82, 2.24) is 0 Å². The summed E-state index contributed by atoms with van der Waals surface area (Å²) in [5.41, 5.74) is 7.23. The Morgan fingerprint density at radius 1 is 0.117 bits per heavy atom. The summed E-state index contributed by atoms with van der Waals surface area (Å²) >= 11 is 0. The third kappa shape index (κ3) is 4.92. The van der Waals surface area contributed by atoms with Crippen LogP contribution in [0.1, 0.15) is 0 Å². The third-order valence-corrected chi connectivity index (χ3v) is 13.2. The topological polar surface area (TPSA) is 0 Å². The highest BCUT2D eigenvalue weighted by molar-refractivity contribution is 6.28. The van der Waals surface area contributed by atoms with Crippen LogP contribution in [-0.4, -0.2) is 0 Å². The maximum atomic E-state index is 2.42. The maximum Gasteiger partial charge on any atom is -0.00928 e. The lowest BCUT2D eigenvalue weighted by molar-refractivity contribution is 1.60. The average Bonchev–Trinajstić information content (AvgIpc) is 3.33. The Hall–Kier alpha value is -7.80. The molecule has 0 heteroatoms. The van der Waals surface area contributed by atoms with Crippen molar-refractivity contribution in [2.75, 3.05) is 0 Å². The molecule has 0 saturated carbocycles. The molecule has 0 atom stereocenters. The fourth-order valence-electron chi connectivity index (χ4n) is 10.4. The first-order valence-corrected chi connectivity index (χ1v) is 20.9. The molecule has 0 heterocycles. The van der Waals surface area contributed by atoms with Crippen LogP contribution in [0.15, 0.2) is 218 Å². The van der Waals surface area contributed by atoms with Crippen molar-refractivity contribution in [2.45, 2.75) is 0 Å². The standard InChI is InChI=1S/C60H36/c1-4-19-49-43(13-1)46-16-7-10-22-52(46)58-34-37(25-28-55(49)58)40-31-41(38-26-29-56-50-20-5-2-14-44(50)47-17-8-11-23-53(47)59(56)35-38)33-42(32-40)39-27-30-57-51-21-6-3-15-45(51)48-18-9-12-24-54(48)60(57)36-39/h1-36H. The summed E-state index contributed by atoms with van der Waals surface area (Å²) in [4.78, 5) is 0. The summed E-state index contributed by atoms with van der Waals surface area (Å²) < 4.78 is 0. The molecule has 0 aromatic heterocycles. The minimum Gasteiger partial charge on any atom is -0.0616 e. The van der Waals surface area contributed by atoms with Crippen LogP contribution in [0.25, 0.3) is 130 Å². The van der Waals surface area contributed by atoms with Gasteiger partial charge in [-0.2, -0.15) is 0 Å². The molecule has 13 rings (SSSR count). The molecule has 60 heavy (non-hydrogen) atoms. The summed E-state index contributed by atoms with van der Waals surface area (Å²) in [7, 11) is 0. The van der Waals surface area contributed by atoms with Gasteiger partial charge in [-0.15, -0.1) is 0 Å². The molecule has 0 spiro atoms. The van der Waals surface area contributed by atoms with Crippen LogP contribution in [0.4, 0.5) is 0 Å². The van der Waals surface area contributed by atoms with Crippen molar-refractivity contribution in [3.8, 4) is 33.4 Å². The summed E-state index contributed by atoms with van der Waals surface area (Å²) in [6.45, 7) is 0. The zero-order valence-corrected chi connectivity index (χ0v) is 32.8. The molecule has 13 aromatic carbocycles. The Kier molecular flexibility index (Phi) is 7.11. The van der Waals surface area contributed by atoms with Crippen LogP contribution in [0.2, 0.25) is 0 Å². The van der Waals surface area contributed by atoms with Gasteiger partial charge in [-0.3, -0.25) is 0 Å². The zero-order valence-electron chi connectivity index (χ0n) is 32.8. The molecule has 0 bridgehead atoms. The normalized spacial score (nSPS) is 12.0. The van der Waals surface area contributed by atoms with Gasteiger partial charge >= 0.3 is 0 Å². The van der Waals surface area contributed by atoms with Gasteiger partial charge in [0.1, 0.15) is 0 Å². The first-order valence-electron chi connectivity index (χ1n) is 20.9. The Labute approximate surface area is 347 Å². The van der Waals surface area contributed by atoms with Crippen LogP contribution in [-0.2, 0) is 0 Å². The van der Waals surface area contributed by atoms with E-state index in [9.17, 15) is 0 Å². The van der Waals surface area contributed by atoms with Gasteiger partial charge in [0.2, 0.25) is 0 Å². The van der Waals surface area contributed by atoms with E-state index in [4.69, 9.17) is 0 Å². The molecule has 0 N–H and O–H groups in total. The Bertz CT molecular complexity index is 3410. The lowest BCUT2D eigenvalue weighted by atomic mass is 9.88. The molecule has 0 nitrogen and oxygen atoms in total. The first kappa shape index (κ1) is 33.2. The van der Waals surface area contributed by atoms with Crippen LogP contribution in [0.5, 0.6) is 0 Å². The van der Waals surface area contributed by atoms with E-state index in [0.29, 0.717) is 0 Å². The number of hydrogen-bond donors (Lipinski definition) is 0. The van der Waals surface area contributed by atoms with Crippen LogP contribution < -0.4 is 0 Å². The lowest BCUT2D eigenvalue weighted by Crippen LogP contribution is -1.89. The number of benzene rings is 13. The number of hydrogen-bond acceptors (Lipinski definition) is 0. The smallest absolute Gasteiger partial charge is 0.00928 e. The summed E-state index contributed by atoms with van der Waals surface area (Å²) in [5, 5.41) is 23.2. The molecule has 0 fully saturated rings. The largest absolute Gasteiger partial charge is 0.0616 e. The van der Waals surface area contributed by atoms with Gasteiger partial charge in [-0.05, 0) is 167 Å². The van der Waals surface area contributed by atoms with Crippen molar-refractivity contribution in [1.29, 1.82) is 0 Å². The van der Waals surface area contributed by atoms with E-state index in [1.165, 1.54) is 130 Å². The minimum atomic E-state index is 1.20. The SMILES string of the molecule is c1ccc2c(c1)c1ccccc1c1cc(-c3cc(-c4ccc5c6ccccc6c6ccccc6c5c4)cc(-c4ccc5c6ccccc6c6ccccc6c5c4)c3)ccc21. The van der Waals surface area contributed by atoms with Gasteiger partial charge < -0.3 is 0 Å². The Morgan fingerprint density at radius 2 is 0.283 bits per heavy atom. The highest BCUT2D eigenvalue weighted by Crippen LogP contribution is 2.43. The first-order chi connectivity index (χ1) is 29.7. The fraction of sp³-hybridized carbons (Fsp3) is 0. The summed E-state index contributed by atoms with van der Waals surface area (Å²) in [5.74, 6) is 0. The molecule has 0 saturated heterocycles. The highest BCUT2D eigenvalue weighted by atomic mass is 14.2. The van der Waals surface area contributed by atoms with E-state index in [0.717, 1.165) is 0 Å². The van der Waals surface area contributed by atoms with Crippen LogP contribution in [0.3, 0.4) is 0 Å². The molecule has 0 unspecified atom stereocenters. The Balaban J connectivity index is 1.08. The van der Waals surface area contributed by atoms with Gasteiger partial charge in [0.05, 0.1) is 0 Å². The maximum absolute atomic E-state index is 2.42. The second kappa shape index (κ2) is 12.9. The second-order valence-electron chi connectivity index (χ2n) is 16.4.